The molecule has 27 heavy (non-hydrogen) atoms. The fraction of sp³-hybridized carbons (Fsp3) is 0.333. The molecule has 140 valence electrons. The number of thioether (sulfide) groups is 1. The molecule has 3 aromatic rings. The number of halogens is 1. The maximum Gasteiger partial charge on any atom is 0.254 e. The number of aromatic nitrogens is 4. The third kappa shape index (κ3) is 3.86. The predicted octanol–water partition coefficient (Wildman–Crippen LogP) is 2.53. The van der Waals surface area contributed by atoms with E-state index in [-0.39, 0.29) is 5.91 Å². The molecule has 0 N–H and O–H groups in total. The molecule has 1 aliphatic heterocycles. The van der Waals surface area contributed by atoms with Gasteiger partial charge in [0.25, 0.3) is 5.78 Å². The Hall–Kier alpha value is -2.32. The minimum absolute atomic E-state index is 0.136. The van der Waals surface area contributed by atoms with Gasteiger partial charge in [0, 0.05) is 42.8 Å². The van der Waals surface area contributed by atoms with E-state index in [1.807, 2.05) is 42.2 Å². The summed E-state index contributed by atoms with van der Waals surface area (Å²) >= 11 is 7.64. The number of hydrogen-bond acceptors (Lipinski definition) is 6. The highest BCUT2D eigenvalue weighted by Gasteiger charge is 2.23. The number of hydrogen-bond donors (Lipinski definition) is 0. The highest BCUT2D eigenvalue weighted by Crippen LogP contribution is 2.27. The van der Waals surface area contributed by atoms with E-state index < -0.39 is 0 Å². The lowest BCUT2D eigenvalue weighted by Crippen LogP contribution is -2.49. The molecule has 0 aliphatic carbocycles. The van der Waals surface area contributed by atoms with E-state index in [0.29, 0.717) is 29.6 Å². The Bertz CT molecular complexity index is 969. The summed E-state index contributed by atoms with van der Waals surface area (Å²) < 4.78 is 1.75. The molecule has 1 aliphatic rings. The van der Waals surface area contributed by atoms with Gasteiger partial charge in [0.05, 0.1) is 10.8 Å². The maximum atomic E-state index is 12.6. The van der Waals surface area contributed by atoms with Crippen molar-refractivity contribution in [1.82, 2.24) is 24.5 Å². The zero-order valence-electron chi connectivity index (χ0n) is 14.9. The number of anilines is 1. The van der Waals surface area contributed by atoms with Crippen LogP contribution in [0.25, 0.3) is 5.78 Å². The van der Waals surface area contributed by atoms with Gasteiger partial charge in [0.1, 0.15) is 12.1 Å². The number of rotatable bonds is 4. The summed E-state index contributed by atoms with van der Waals surface area (Å²) in [5.41, 5.74) is 0.903. The molecule has 0 unspecified atom stereocenters. The van der Waals surface area contributed by atoms with Gasteiger partial charge in [-0.05, 0) is 19.1 Å². The van der Waals surface area contributed by atoms with Crippen LogP contribution in [0.5, 0.6) is 0 Å². The van der Waals surface area contributed by atoms with Gasteiger partial charge in [-0.3, -0.25) is 4.79 Å². The zero-order chi connectivity index (χ0) is 18.8. The molecule has 3 heterocycles. The molecular weight excluding hydrogens is 384 g/mol. The number of nitrogens with zero attached hydrogens (tertiary/aromatic N) is 6. The number of fused-ring (bicyclic) bond motifs is 1. The van der Waals surface area contributed by atoms with Crippen LogP contribution in [0.15, 0.2) is 41.6 Å². The van der Waals surface area contributed by atoms with E-state index in [1.54, 1.807) is 4.52 Å². The molecule has 7 nitrogen and oxygen atoms in total. The van der Waals surface area contributed by atoms with E-state index in [9.17, 15) is 4.79 Å². The zero-order valence-corrected chi connectivity index (χ0v) is 16.4. The van der Waals surface area contributed by atoms with Crippen LogP contribution in [0.4, 0.5) is 5.82 Å². The summed E-state index contributed by atoms with van der Waals surface area (Å²) in [6.07, 6.45) is 1.51. The first kappa shape index (κ1) is 18.1. The highest BCUT2D eigenvalue weighted by molar-refractivity contribution is 8.00. The summed E-state index contributed by atoms with van der Waals surface area (Å²) in [5.74, 6) is 2.09. The molecule has 0 radical (unpaired) electrons. The van der Waals surface area contributed by atoms with Gasteiger partial charge >= 0.3 is 0 Å². The second-order valence-electron chi connectivity index (χ2n) is 6.31. The summed E-state index contributed by atoms with van der Waals surface area (Å²) in [6.45, 7) is 4.81. The lowest BCUT2D eigenvalue weighted by atomic mass is 10.3. The highest BCUT2D eigenvalue weighted by atomic mass is 35.5. The first-order valence-corrected chi connectivity index (χ1v) is 10.1. The number of benzene rings is 1. The average Bonchev–Trinajstić information content (AvgIpc) is 3.15. The predicted molar refractivity (Wildman–Crippen MR) is 106 cm³/mol. The van der Waals surface area contributed by atoms with Crippen LogP contribution in [-0.4, -0.2) is 62.3 Å². The normalized spacial score (nSPS) is 14.7. The number of amides is 1. The van der Waals surface area contributed by atoms with Gasteiger partial charge in [-0.15, -0.1) is 11.8 Å². The Morgan fingerprint density at radius 1 is 1.22 bits per heavy atom. The maximum absolute atomic E-state index is 12.6. The molecule has 1 fully saturated rings. The third-order valence-corrected chi connectivity index (χ3v) is 6.01. The van der Waals surface area contributed by atoms with Crippen LogP contribution in [0.3, 0.4) is 0 Å². The van der Waals surface area contributed by atoms with Crippen molar-refractivity contribution in [3.8, 4) is 0 Å². The molecule has 4 rings (SSSR count). The fourth-order valence-electron chi connectivity index (χ4n) is 3.11. The van der Waals surface area contributed by atoms with Crippen molar-refractivity contribution in [2.45, 2.75) is 11.8 Å². The van der Waals surface area contributed by atoms with E-state index in [4.69, 9.17) is 11.6 Å². The Kier molecular flexibility index (Phi) is 5.18. The number of piperazine rings is 1. The Morgan fingerprint density at radius 3 is 2.78 bits per heavy atom. The second kappa shape index (κ2) is 7.74. The van der Waals surface area contributed by atoms with Crippen molar-refractivity contribution in [3.05, 3.63) is 47.4 Å². The monoisotopic (exact) mass is 402 g/mol. The number of aryl methyl sites for hydroxylation is 1. The van der Waals surface area contributed by atoms with Crippen molar-refractivity contribution < 1.29 is 4.79 Å². The van der Waals surface area contributed by atoms with Crippen LogP contribution in [0.1, 0.15) is 5.69 Å². The van der Waals surface area contributed by atoms with Crippen LogP contribution in [-0.2, 0) is 4.79 Å². The van der Waals surface area contributed by atoms with Crippen molar-refractivity contribution in [2.24, 2.45) is 0 Å². The SMILES string of the molecule is Cc1cc(N2CCN(C(=O)CSc3ccccc3Cl)CC2)n2ncnc2n1. The molecule has 0 atom stereocenters. The second-order valence-corrected chi connectivity index (χ2v) is 7.74. The van der Waals surface area contributed by atoms with Crippen LogP contribution >= 0.6 is 23.4 Å². The Balaban J connectivity index is 1.38. The van der Waals surface area contributed by atoms with Crippen LogP contribution in [0, 0.1) is 6.92 Å². The Labute approximate surface area is 166 Å². The lowest BCUT2D eigenvalue weighted by Gasteiger charge is -2.36. The minimum Gasteiger partial charge on any atom is -0.353 e. The van der Waals surface area contributed by atoms with Crippen molar-refractivity contribution in [2.75, 3.05) is 36.8 Å². The molecule has 2 aromatic heterocycles. The van der Waals surface area contributed by atoms with Crippen molar-refractivity contribution >= 4 is 40.9 Å². The summed E-state index contributed by atoms with van der Waals surface area (Å²) in [5, 5.41) is 4.95. The first-order valence-electron chi connectivity index (χ1n) is 8.69. The molecule has 0 saturated carbocycles. The Morgan fingerprint density at radius 2 is 2.00 bits per heavy atom. The van der Waals surface area contributed by atoms with E-state index in [0.717, 1.165) is 29.5 Å². The number of carbonyl (C=O) groups excluding carboxylic acids is 1. The topological polar surface area (TPSA) is 66.6 Å². The molecule has 1 amide bonds. The lowest BCUT2D eigenvalue weighted by molar-refractivity contribution is -0.128. The minimum atomic E-state index is 0.136. The van der Waals surface area contributed by atoms with Crippen LogP contribution in [0.2, 0.25) is 5.02 Å². The molecule has 0 bridgehead atoms. The van der Waals surface area contributed by atoms with Crippen molar-refractivity contribution in [1.29, 1.82) is 0 Å². The molecular formula is C18H19ClN6OS. The summed E-state index contributed by atoms with van der Waals surface area (Å²) in [4.78, 5) is 26.2. The summed E-state index contributed by atoms with van der Waals surface area (Å²) in [6, 6.07) is 9.61. The average molecular weight is 403 g/mol. The van der Waals surface area contributed by atoms with Gasteiger partial charge in [-0.1, -0.05) is 23.7 Å². The van der Waals surface area contributed by atoms with E-state index >= 15 is 0 Å². The first-order chi connectivity index (χ1) is 13.1. The molecule has 1 aromatic carbocycles. The number of carbonyl (C=O) groups is 1. The molecule has 1 saturated heterocycles. The smallest absolute Gasteiger partial charge is 0.254 e. The largest absolute Gasteiger partial charge is 0.353 e. The van der Waals surface area contributed by atoms with Gasteiger partial charge < -0.3 is 9.80 Å². The van der Waals surface area contributed by atoms with Gasteiger partial charge in [-0.2, -0.15) is 14.6 Å². The van der Waals surface area contributed by atoms with Gasteiger partial charge in [0.2, 0.25) is 5.91 Å². The molecule has 9 heteroatoms. The van der Waals surface area contributed by atoms with Crippen molar-refractivity contribution in [3.63, 3.8) is 0 Å². The van der Waals surface area contributed by atoms with Crippen LogP contribution < -0.4 is 4.90 Å². The van der Waals surface area contributed by atoms with Gasteiger partial charge in [-0.25, -0.2) is 4.98 Å². The fourth-order valence-corrected chi connectivity index (χ4v) is 4.26. The standard InChI is InChI=1S/C18H19ClN6OS/c1-13-10-16(25-18(22-13)20-12-21-25)23-6-8-24(9-7-23)17(26)11-27-15-5-3-2-4-14(15)19/h2-5,10,12H,6-9,11H2,1H3. The van der Waals surface area contributed by atoms with Gasteiger partial charge in [0.15, 0.2) is 0 Å². The molecule has 0 spiro atoms. The third-order valence-electron chi connectivity index (χ3n) is 4.51. The van der Waals surface area contributed by atoms with E-state index in [2.05, 4.69) is 20.0 Å². The quantitative estimate of drug-likeness (QED) is 0.625. The van der Waals surface area contributed by atoms with E-state index in [1.165, 1.54) is 18.1 Å². The summed E-state index contributed by atoms with van der Waals surface area (Å²) in [7, 11) is 0.